The normalized spacial score (nSPS) is 20.4. The third kappa shape index (κ3) is 3.26. The van der Waals surface area contributed by atoms with E-state index in [1.165, 1.54) is 24.9 Å². The highest BCUT2D eigenvalue weighted by molar-refractivity contribution is 5.55. The first-order chi connectivity index (χ1) is 9.67. The maximum Gasteiger partial charge on any atom is 0.122 e. The predicted octanol–water partition coefficient (Wildman–Crippen LogP) is 3.83. The van der Waals surface area contributed by atoms with E-state index < -0.39 is 0 Å². The molecular weight excluding hydrogens is 248 g/mol. The third-order valence-electron chi connectivity index (χ3n) is 4.36. The highest BCUT2D eigenvalue weighted by Crippen LogP contribution is 2.33. The zero-order valence-electron chi connectivity index (χ0n) is 13.0. The van der Waals surface area contributed by atoms with Gasteiger partial charge in [0.25, 0.3) is 0 Å². The van der Waals surface area contributed by atoms with Crippen molar-refractivity contribution in [3.05, 3.63) is 23.8 Å². The van der Waals surface area contributed by atoms with E-state index in [9.17, 15) is 5.11 Å². The maximum atomic E-state index is 10.3. The molecule has 20 heavy (non-hydrogen) atoms. The lowest BCUT2D eigenvalue weighted by molar-refractivity contribution is 0.452. The molecule has 1 aliphatic heterocycles. The van der Waals surface area contributed by atoms with Crippen molar-refractivity contribution in [3.63, 3.8) is 0 Å². The lowest BCUT2D eigenvalue weighted by Crippen LogP contribution is -2.28. The molecule has 1 heterocycles. The zero-order chi connectivity index (χ0) is 14.5. The molecule has 2 N–H and O–H groups in total. The molecule has 0 saturated carbocycles. The van der Waals surface area contributed by atoms with Gasteiger partial charge >= 0.3 is 0 Å². The van der Waals surface area contributed by atoms with Gasteiger partial charge < -0.3 is 15.3 Å². The standard InChI is InChI=1S/C17H28N2O/c1-4-10-18-13(3)16-9-8-15(12-17(16)20)19-11-6-7-14(19)5-2/h8-9,12-14,18,20H,4-7,10-11H2,1-3H3. The summed E-state index contributed by atoms with van der Waals surface area (Å²) in [7, 11) is 0. The smallest absolute Gasteiger partial charge is 0.122 e. The van der Waals surface area contributed by atoms with Crippen LogP contribution in [0.3, 0.4) is 0 Å². The highest BCUT2D eigenvalue weighted by atomic mass is 16.3. The number of phenols is 1. The fourth-order valence-corrected chi connectivity index (χ4v) is 3.15. The number of benzene rings is 1. The van der Waals surface area contributed by atoms with Crippen molar-refractivity contribution in [2.24, 2.45) is 0 Å². The number of phenolic OH excluding ortho intramolecular Hbond substituents is 1. The molecule has 2 atom stereocenters. The Morgan fingerprint density at radius 1 is 1.40 bits per heavy atom. The molecule has 112 valence electrons. The van der Waals surface area contributed by atoms with Crippen LogP contribution in [-0.4, -0.2) is 24.2 Å². The van der Waals surface area contributed by atoms with Crippen molar-refractivity contribution in [1.29, 1.82) is 0 Å². The fraction of sp³-hybridized carbons (Fsp3) is 0.647. The average molecular weight is 276 g/mol. The lowest BCUT2D eigenvalue weighted by Gasteiger charge is -2.27. The lowest BCUT2D eigenvalue weighted by atomic mass is 10.1. The molecule has 3 heteroatoms. The summed E-state index contributed by atoms with van der Waals surface area (Å²) in [6.07, 6.45) is 4.81. The summed E-state index contributed by atoms with van der Waals surface area (Å²) >= 11 is 0. The number of aromatic hydroxyl groups is 1. The van der Waals surface area contributed by atoms with Crippen LogP contribution in [0.4, 0.5) is 5.69 Å². The first-order valence-corrected chi connectivity index (χ1v) is 8.00. The van der Waals surface area contributed by atoms with Gasteiger partial charge in [0.15, 0.2) is 0 Å². The second-order valence-corrected chi connectivity index (χ2v) is 5.82. The second-order valence-electron chi connectivity index (χ2n) is 5.82. The zero-order valence-corrected chi connectivity index (χ0v) is 13.0. The minimum Gasteiger partial charge on any atom is -0.508 e. The van der Waals surface area contributed by atoms with Crippen molar-refractivity contribution < 1.29 is 5.11 Å². The van der Waals surface area contributed by atoms with Crippen LogP contribution in [0.15, 0.2) is 18.2 Å². The van der Waals surface area contributed by atoms with E-state index >= 15 is 0 Å². The third-order valence-corrected chi connectivity index (χ3v) is 4.36. The van der Waals surface area contributed by atoms with E-state index in [4.69, 9.17) is 0 Å². The molecule has 2 rings (SSSR count). The fourth-order valence-electron chi connectivity index (χ4n) is 3.15. The van der Waals surface area contributed by atoms with Gasteiger partial charge in [0.05, 0.1) is 0 Å². The molecule has 2 unspecified atom stereocenters. The molecular formula is C17H28N2O. The Morgan fingerprint density at radius 3 is 2.85 bits per heavy atom. The van der Waals surface area contributed by atoms with Crippen molar-refractivity contribution in [2.75, 3.05) is 18.0 Å². The van der Waals surface area contributed by atoms with E-state index in [2.05, 4.69) is 43.1 Å². The quantitative estimate of drug-likeness (QED) is 0.829. The molecule has 1 aliphatic rings. The van der Waals surface area contributed by atoms with Crippen LogP contribution in [0.1, 0.15) is 58.1 Å². The predicted molar refractivity (Wildman–Crippen MR) is 85.5 cm³/mol. The average Bonchev–Trinajstić information content (AvgIpc) is 2.93. The number of hydrogen-bond acceptors (Lipinski definition) is 3. The van der Waals surface area contributed by atoms with Gasteiger partial charge in [-0.05, 0) is 45.2 Å². The van der Waals surface area contributed by atoms with Crippen molar-refractivity contribution in [2.45, 2.75) is 58.5 Å². The van der Waals surface area contributed by atoms with Crippen molar-refractivity contribution in [1.82, 2.24) is 5.32 Å². The Kier molecular flexibility index (Phi) is 5.30. The summed E-state index contributed by atoms with van der Waals surface area (Å²) in [5, 5.41) is 13.7. The number of hydrogen-bond donors (Lipinski definition) is 2. The topological polar surface area (TPSA) is 35.5 Å². The molecule has 0 aliphatic carbocycles. The number of rotatable bonds is 6. The van der Waals surface area contributed by atoms with Gasteiger partial charge in [-0.3, -0.25) is 0 Å². The van der Waals surface area contributed by atoms with Crippen LogP contribution in [-0.2, 0) is 0 Å². The van der Waals surface area contributed by atoms with Crippen LogP contribution >= 0.6 is 0 Å². The highest BCUT2D eigenvalue weighted by Gasteiger charge is 2.23. The van der Waals surface area contributed by atoms with E-state index in [0.717, 1.165) is 25.1 Å². The summed E-state index contributed by atoms with van der Waals surface area (Å²) in [5.41, 5.74) is 2.16. The van der Waals surface area contributed by atoms with E-state index in [0.29, 0.717) is 11.8 Å². The van der Waals surface area contributed by atoms with Gasteiger partial charge in [-0.15, -0.1) is 0 Å². The first-order valence-electron chi connectivity index (χ1n) is 8.00. The van der Waals surface area contributed by atoms with Crippen LogP contribution in [0.5, 0.6) is 5.75 Å². The first kappa shape index (κ1) is 15.2. The summed E-state index contributed by atoms with van der Waals surface area (Å²) in [5.74, 6) is 0.417. The summed E-state index contributed by atoms with van der Waals surface area (Å²) in [6.45, 7) is 8.59. The van der Waals surface area contributed by atoms with Gasteiger partial charge in [0.2, 0.25) is 0 Å². The van der Waals surface area contributed by atoms with E-state index in [-0.39, 0.29) is 6.04 Å². The van der Waals surface area contributed by atoms with Gasteiger partial charge in [-0.25, -0.2) is 0 Å². The van der Waals surface area contributed by atoms with E-state index in [1.54, 1.807) is 0 Å². The van der Waals surface area contributed by atoms with Crippen LogP contribution in [0.25, 0.3) is 0 Å². The van der Waals surface area contributed by atoms with Gasteiger partial charge in [0, 0.05) is 35.9 Å². The van der Waals surface area contributed by atoms with Crippen LogP contribution < -0.4 is 10.2 Å². The number of anilines is 1. The van der Waals surface area contributed by atoms with Crippen molar-refractivity contribution >= 4 is 5.69 Å². The molecule has 1 aromatic carbocycles. The summed E-state index contributed by atoms with van der Waals surface area (Å²) in [6, 6.07) is 7.00. The van der Waals surface area contributed by atoms with Crippen molar-refractivity contribution in [3.8, 4) is 5.75 Å². The Bertz CT molecular complexity index is 433. The monoisotopic (exact) mass is 276 g/mol. The van der Waals surface area contributed by atoms with Gasteiger partial charge in [0.1, 0.15) is 5.75 Å². The maximum absolute atomic E-state index is 10.3. The minimum atomic E-state index is 0.199. The Morgan fingerprint density at radius 2 is 2.20 bits per heavy atom. The summed E-state index contributed by atoms with van der Waals surface area (Å²) < 4.78 is 0. The summed E-state index contributed by atoms with van der Waals surface area (Å²) in [4.78, 5) is 2.44. The molecule has 0 radical (unpaired) electrons. The molecule has 0 spiro atoms. The number of nitrogens with zero attached hydrogens (tertiary/aromatic N) is 1. The molecule has 0 bridgehead atoms. The second kappa shape index (κ2) is 6.98. The van der Waals surface area contributed by atoms with Gasteiger partial charge in [-0.1, -0.05) is 19.9 Å². The Labute approximate surface area is 123 Å². The minimum absolute atomic E-state index is 0.199. The Hall–Kier alpha value is -1.22. The molecule has 1 aromatic rings. The molecule has 1 saturated heterocycles. The Balaban J connectivity index is 2.13. The SMILES string of the molecule is CCCNC(C)c1ccc(N2CCCC2CC)cc1O. The largest absolute Gasteiger partial charge is 0.508 e. The van der Waals surface area contributed by atoms with E-state index in [1.807, 2.05) is 6.07 Å². The van der Waals surface area contributed by atoms with Gasteiger partial charge in [-0.2, -0.15) is 0 Å². The van der Waals surface area contributed by atoms with Crippen LogP contribution in [0.2, 0.25) is 0 Å². The number of nitrogens with one attached hydrogen (secondary N) is 1. The molecule has 3 nitrogen and oxygen atoms in total. The molecule has 0 amide bonds. The van der Waals surface area contributed by atoms with Crippen LogP contribution in [0, 0.1) is 0 Å². The molecule has 1 fully saturated rings. The molecule has 0 aromatic heterocycles.